The average Bonchev–Trinajstić information content (AvgIpc) is 2.36. The summed E-state index contributed by atoms with van der Waals surface area (Å²) in [7, 11) is 1.28. The van der Waals surface area contributed by atoms with Gasteiger partial charge >= 0.3 is 12.0 Å². The summed E-state index contributed by atoms with van der Waals surface area (Å²) in [6.45, 7) is 5.59. The molecular weight excluding hydrogens is 236 g/mol. The number of ether oxygens (including phenoxy) is 2. The number of urea groups is 1. The highest BCUT2D eigenvalue weighted by atomic mass is 16.5. The summed E-state index contributed by atoms with van der Waals surface area (Å²) >= 11 is 0. The average molecular weight is 260 g/mol. The van der Waals surface area contributed by atoms with Crippen molar-refractivity contribution in [3.63, 3.8) is 0 Å². The maximum absolute atomic E-state index is 11.3. The molecule has 0 saturated carbocycles. The molecular formula is C12H24N2O4. The first kappa shape index (κ1) is 16.7. The number of carbonyl (C=O) groups is 2. The van der Waals surface area contributed by atoms with Crippen LogP contribution in [0.1, 0.15) is 33.1 Å². The van der Waals surface area contributed by atoms with E-state index in [2.05, 4.69) is 22.3 Å². The molecule has 2 N–H and O–H groups in total. The van der Waals surface area contributed by atoms with Crippen molar-refractivity contribution < 1.29 is 19.1 Å². The molecule has 0 rings (SSSR count). The van der Waals surface area contributed by atoms with Gasteiger partial charge in [0.05, 0.1) is 7.11 Å². The quantitative estimate of drug-likeness (QED) is 0.480. The van der Waals surface area contributed by atoms with E-state index in [-0.39, 0.29) is 6.03 Å². The highest BCUT2D eigenvalue weighted by Crippen LogP contribution is 1.89. The number of rotatable bonds is 9. The maximum atomic E-state index is 11.3. The SMILES string of the molecule is CCCCOCCCNC(=O)N[C@H](C)C(=O)OC. The molecule has 0 heterocycles. The lowest BCUT2D eigenvalue weighted by atomic mass is 10.3. The third-order valence-electron chi connectivity index (χ3n) is 2.30. The zero-order chi connectivity index (χ0) is 13.8. The number of hydrogen-bond acceptors (Lipinski definition) is 4. The molecule has 0 aromatic carbocycles. The Kier molecular flexibility index (Phi) is 10.0. The highest BCUT2D eigenvalue weighted by Gasteiger charge is 2.14. The smallest absolute Gasteiger partial charge is 0.328 e. The first-order valence-electron chi connectivity index (χ1n) is 6.31. The molecule has 1 atom stereocenters. The Balaban J connectivity index is 3.45. The fourth-order valence-corrected chi connectivity index (χ4v) is 1.21. The van der Waals surface area contributed by atoms with Crippen molar-refractivity contribution in [2.45, 2.75) is 39.2 Å². The van der Waals surface area contributed by atoms with E-state index in [1.807, 2.05) is 0 Å². The lowest BCUT2D eigenvalue weighted by Gasteiger charge is -2.12. The molecule has 6 nitrogen and oxygen atoms in total. The molecule has 0 aliphatic heterocycles. The van der Waals surface area contributed by atoms with Gasteiger partial charge in [-0.3, -0.25) is 0 Å². The number of hydrogen-bond donors (Lipinski definition) is 2. The summed E-state index contributed by atoms with van der Waals surface area (Å²) in [5.41, 5.74) is 0. The van der Waals surface area contributed by atoms with E-state index >= 15 is 0 Å². The summed E-state index contributed by atoms with van der Waals surface area (Å²) in [4.78, 5) is 22.4. The molecule has 0 bridgehead atoms. The van der Waals surface area contributed by atoms with Crippen molar-refractivity contribution in [1.82, 2.24) is 10.6 Å². The molecule has 0 aliphatic carbocycles. The van der Waals surface area contributed by atoms with Crippen LogP contribution in [0.25, 0.3) is 0 Å². The van der Waals surface area contributed by atoms with Crippen LogP contribution in [0.3, 0.4) is 0 Å². The number of esters is 1. The Morgan fingerprint density at radius 1 is 1.22 bits per heavy atom. The Bertz CT molecular complexity index is 246. The minimum atomic E-state index is -0.643. The van der Waals surface area contributed by atoms with Crippen molar-refractivity contribution in [2.75, 3.05) is 26.9 Å². The molecule has 0 fully saturated rings. The zero-order valence-corrected chi connectivity index (χ0v) is 11.5. The van der Waals surface area contributed by atoms with Crippen LogP contribution in [0.4, 0.5) is 4.79 Å². The van der Waals surface area contributed by atoms with Crippen molar-refractivity contribution in [3.8, 4) is 0 Å². The summed E-state index contributed by atoms with van der Waals surface area (Å²) in [6.07, 6.45) is 2.93. The van der Waals surface area contributed by atoms with Gasteiger partial charge in [-0.25, -0.2) is 9.59 Å². The number of carbonyl (C=O) groups excluding carboxylic acids is 2. The summed E-state index contributed by atoms with van der Waals surface area (Å²) < 4.78 is 9.84. The van der Waals surface area contributed by atoms with E-state index in [0.717, 1.165) is 25.9 Å². The van der Waals surface area contributed by atoms with Crippen LogP contribution in [0.2, 0.25) is 0 Å². The topological polar surface area (TPSA) is 76.7 Å². The van der Waals surface area contributed by atoms with Crippen LogP contribution >= 0.6 is 0 Å². The minimum absolute atomic E-state index is 0.374. The minimum Gasteiger partial charge on any atom is -0.467 e. The van der Waals surface area contributed by atoms with Crippen molar-refractivity contribution in [2.24, 2.45) is 0 Å². The van der Waals surface area contributed by atoms with Crippen LogP contribution in [0, 0.1) is 0 Å². The van der Waals surface area contributed by atoms with Gasteiger partial charge in [0.25, 0.3) is 0 Å². The summed E-state index contributed by atoms with van der Waals surface area (Å²) in [5, 5.41) is 5.12. The maximum Gasteiger partial charge on any atom is 0.328 e. The predicted molar refractivity (Wildman–Crippen MR) is 68.4 cm³/mol. The molecule has 0 aromatic rings. The van der Waals surface area contributed by atoms with Gasteiger partial charge in [-0.15, -0.1) is 0 Å². The first-order chi connectivity index (χ1) is 8.61. The van der Waals surface area contributed by atoms with E-state index in [1.54, 1.807) is 6.92 Å². The first-order valence-corrected chi connectivity index (χ1v) is 6.31. The second-order valence-electron chi connectivity index (χ2n) is 3.96. The van der Waals surface area contributed by atoms with Gasteiger partial charge in [-0.05, 0) is 19.8 Å². The molecule has 0 radical (unpaired) electrons. The van der Waals surface area contributed by atoms with Gasteiger partial charge in [-0.2, -0.15) is 0 Å². The van der Waals surface area contributed by atoms with Crippen LogP contribution < -0.4 is 10.6 Å². The largest absolute Gasteiger partial charge is 0.467 e. The molecule has 2 amide bonds. The van der Waals surface area contributed by atoms with Crippen molar-refractivity contribution in [1.29, 1.82) is 0 Å². The molecule has 0 spiro atoms. The molecule has 0 unspecified atom stereocenters. The van der Waals surface area contributed by atoms with Gasteiger partial charge < -0.3 is 20.1 Å². The second kappa shape index (κ2) is 10.8. The number of amides is 2. The molecule has 0 aromatic heterocycles. The lowest BCUT2D eigenvalue weighted by Crippen LogP contribution is -2.45. The van der Waals surface area contributed by atoms with Crippen LogP contribution in [0.5, 0.6) is 0 Å². The van der Waals surface area contributed by atoms with Crippen molar-refractivity contribution >= 4 is 12.0 Å². The fraction of sp³-hybridized carbons (Fsp3) is 0.833. The third kappa shape index (κ3) is 8.81. The lowest BCUT2D eigenvalue weighted by molar-refractivity contribution is -0.142. The van der Waals surface area contributed by atoms with E-state index in [9.17, 15) is 9.59 Å². The van der Waals surface area contributed by atoms with E-state index in [1.165, 1.54) is 7.11 Å². The van der Waals surface area contributed by atoms with E-state index in [0.29, 0.717) is 13.2 Å². The molecule has 6 heteroatoms. The molecule has 0 saturated heterocycles. The van der Waals surface area contributed by atoms with Gasteiger partial charge in [-0.1, -0.05) is 13.3 Å². The summed E-state index contributed by atoms with van der Waals surface area (Å²) in [6, 6.07) is -1.02. The molecule has 0 aliphatic rings. The van der Waals surface area contributed by atoms with Crippen LogP contribution in [-0.4, -0.2) is 44.9 Å². The van der Waals surface area contributed by atoms with Gasteiger partial charge in [0.1, 0.15) is 6.04 Å². The Labute approximate surface area is 108 Å². The third-order valence-corrected chi connectivity index (χ3v) is 2.30. The number of unbranched alkanes of at least 4 members (excludes halogenated alkanes) is 1. The molecule has 18 heavy (non-hydrogen) atoms. The normalized spacial score (nSPS) is 11.7. The van der Waals surface area contributed by atoms with Crippen LogP contribution in [-0.2, 0) is 14.3 Å². The van der Waals surface area contributed by atoms with Gasteiger partial charge in [0, 0.05) is 19.8 Å². The van der Waals surface area contributed by atoms with Crippen molar-refractivity contribution in [3.05, 3.63) is 0 Å². The van der Waals surface area contributed by atoms with Crippen LogP contribution in [0.15, 0.2) is 0 Å². The number of nitrogens with one attached hydrogen (secondary N) is 2. The Morgan fingerprint density at radius 3 is 2.50 bits per heavy atom. The van der Waals surface area contributed by atoms with Gasteiger partial charge in [0.2, 0.25) is 0 Å². The monoisotopic (exact) mass is 260 g/mol. The predicted octanol–water partition coefficient (Wildman–Crippen LogP) is 1.05. The Morgan fingerprint density at radius 2 is 1.89 bits per heavy atom. The highest BCUT2D eigenvalue weighted by molar-refractivity contribution is 5.83. The fourth-order valence-electron chi connectivity index (χ4n) is 1.21. The zero-order valence-electron chi connectivity index (χ0n) is 11.5. The Hall–Kier alpha value is -1.30. The second-order valence-corrected chi connectivity index (χ2v) is 3.96. The van der Waals surface area contributed by atoms with Gasteiger partial charge in [0.15, 0.2) is 0 Å². The summed E-state index contributed by atoms with van der Waals surface area (Å²) in [5.74, 6) is -0.465. The van der Waals surface area contributed by atoms with E-state index < -0.39 is 12.0 Å². The standard InChI is InChI=1S/C12H24N2O4/c1-4-5-8-18-9-6-7-13-12(16)14-10(2)11(15)17-3/h10H,4-9H2,1-3H3,(H2,13,14,16)/t10-/m1/s1. The molecule has 106 valence electrons. The number of methoxy groups -OCH3 is 1. The van der Waals surface area contributed by atoms with E-state index in [4.69, 9.17) is 4.74 Å².